The van der Waals surface area contributed by atoms with Crippen molar-refractivity contribution in [2.24, 2.45) is 15.4 Å². The second-order valence-corrected chi connectivity index (χ2v) is 8.08. The molecule has 0 radical (unpaired) electrons. The number of halogens is 4. The predicted octanol–water partition coefficient (Wildman–Crippen LogP) is 5.31. The Labute approximate surface area is 209 Å². The zero-order chi connectivity index (χ0) is 26.5. The van der Waals surface area contributed by atoms with E-state index in [1.54, 1.807) is 24.3 Å². The molecule has 1 aromatic heterocycles. The van der Waals surface area contributed by atoms with Crippen LogP contribution in [0.5, 0.6) is 5.75 Å². The van der Waals surface area contributed by atoms with E-state index < -0.39 is 34.6 Å². The summed E-state index contributed by atoms with van der Waals surface area (Å²) in [7, 11) is 1.49. The fraction of sp³-hybridized carbons (Fsp3) is 0.292. The van der Waals surface area contributed by atoms with Gasteiger partial charge in [-0.1, -0.05) is 30.7 Å². The van der Waals surface area contributed by atoms with E-state index in [9.17, 15) is 22.8 Å². The third-order valence-electron chi connectivity index (χ3n) is 5.21. The van der Waals surface area contributed by atoms with E-state index in [1.807, 2.05) is 6.92 Å². The first-order valence-corrected chi connectivity index (χ1v) is 11.2. The lowest BCUT2D eigenvalue weighted by Gasteiger charge is -2.16. The summed E-state index contributed by atoms with van der Waals surface area (Å²) in [6.07, 6.45) is -2.63. The predicted molar refractivity (Wildman–Crippen MR) is 131 cm³/mol. The molecule has 0 unspecified atom stereocenters. The molecule has 2 aromatic carbocycles. The minimum Gasteiger partial charge on any atom is -0.497 e. The lowest BCUT2D eigenvalue weighted by atomic mass is 10.1. The Morgan fingerprint density at radius 1 is 1.11 bits per heavy atom. The monoisotopic (exact) mass is 521 g/mol. The van der Waals surface area contributed by atoms with Crippen LogP contribution >= 0.6 is 11.6 Å². The van der Waals surface area contributed by atoms with Crippen LogP contribution in [0, 0.1) is 0 Å². The summed E-state index contributed by atoms with van der Waals surface area (Å²) in [5, 5.41) is 10.9. The lowest BCUT2D eigenvalue weighted by molar-refractivity contribution is -0.137. The van der Waals surface area contributed by atoms with Gasteiger partial charge in [0.15, 0.2) is 0 Å². The first-order chi connectivity index (χ1) is 17.1. The number of ether oxygens (including phenoxy) is 1. The highest BCUT2D eigenvalue weighted by Crippen LogP contribution is 2.36. The summed E-state index contributed by atoms with van der Waals surface area (Å²) < 4.78 is 47.2. The van der Waals surface area contributed by atoms with Crippen LogP contribution in [0.3, 0.4) is 0 Å². The lowest BCUT2D eigenvalue weighted by Crippen LogP contribution is -2.42. The molecule has 0 saturated carbocycles. The molecule has 1 heterocycles. The van der Waals surface area contributed by atoms with E-state index in [-0.39, 0.29) is 16.8 Å². The highest BCUT2D eigenvalue weighted by Gasteiger charge is 2.34. The van der Waals surface area contributed by atoms with E-state index in [0.29, 0.717) is 18.0 Å². The molecule has 8 nitrogen and oxygen atoms in total. The second-order valence-electron chi connectivity index (χ2n) is 7.70. The van der Waals surface area contributed by atoms with Crippen molar-refractivity contribution in [1.82, 2.24) is 9.13 Å². The fourth-order valence-corrected chi connectivity index (χ4v) is 3.60. The van der Waals surface area contributed by atoms with Gasteiger partial charge in [-0.05, 0) is 54.5 Å². The molecular formula is C24H23ClF3N5O3. The summed E-state index contributed by atoms with van der Waals surface area (Å²) in [4.78, 5) is 26.7. The van der Waals surface area contributed by atoms with E-state index in [2.05, 4.69) is 15.4 Å². The van der Waals surface area contributed by atoms with Gasteiger partial charge >= 0.3 is 11.9 Å². The quantitative estimate of drug-likeness (QED) is 0.228. The average Bonchev–Trinajstić information content (AvgIpc) is 2.84. The smallest absolute Gasteiger partial charge is 0.417 e. The number of nitrogens with zero attached hydrogens (tertiary/aromatic N) is 5. The summed E-state index contributed by atoms with van der Waals surface area (Å²) in [6, 6.07) is 9.78. The minimum absolute atomic E-state index is 0.0176. The average molecular weight is 522 g/mol. The van der Waals surface area contributed by atoms with Crippen LogP contribution in [0.2, 0.25) is 5.02 Å². The maximum Gasteiger partial charge on any atom is 0.417 e. The number of alkyl halides is 3. The van der Waals surface area contributed by atoms with Crippen LogP contribution in [0.4, 0.5) is 13.2 Å². The maximum atomic E-state index is 13.4. The number of rotatable bonds is 8. The van der Waals surface area contributed by atoms with Crippen LogP contribution in [-0.4, -0.2) is 28.5 Å². The summed E-state index contributed by atoms with van der Waals surface area (Å²) in [5.41, 5.74) is -2.05. The highest BCUT2D eigenvalue weighted by molar-refractivity contribution is 6.32. The molecule has 0 bridgehead atoms. The third-order valence-corrected chi connectivity index (χ3v) is 5.65. The zero-order valence-electron chi connectivity index (χ0n) is 19.7. The van der Waals surface area contributed by atoms with Crippen molar-refractivity contribution in [3.05, 3.63) is 91.2 Å². The number of benzene rings is 2. The van der Waals surface area contributed by atoms with Gasteiger partial charge in [0, 0.05) is 6.20 Å². The molecule has 0 atom stereocenters. The summed E-state index contributed by atoms with van der Waals surface area (Å²) in [5.74, 6) is 0.546. The van der Waals surface area contributed by atoms with Gasteiger partial charge in [0.05, 0.1) is 47.7 Å². The Morgan fingerprint density at radius 3 is 2.42 bits per heavy atom. The molecule has 0 aliphatic heterocycles. The Hall–Kier alpha value is -3.73. The molecule has 0 amide bonds. The summed E-state index contributed by atoms with van der Waals surface area (Å²) >= 11 is 6.03. The normalized spacial score (nSPS) is 12.4. The molecule has 0 aliphatic rings. The van der Waals surface area contributed by atoms with Gasteiger partial charge in [0.25, 0.3) is 5.56 Å². The van der Waals surface area contributed by atoms with E-state index in [4.69, 9.17) is 16.3 Å². The second kappa shape index (κ2) is 11.3. The Bertz CT molecular complexity index is 1410. The largest absolute Gasteiger partial charge is 0.497 e. The van der Waals surface area contributed by atoms with E-state index in [0.717, 1.165) is 17.1 Å². The van der Waals surface area contributed by atoms with Crippen LogP contribution in [0.1, 0.15) is 37.0 Å². The fourth-order valence-electron chi connectivity index (χ4n) is 3.31. The molecular weight excluding hydrogens is 499 g/mol. The van der Waals surface area contributed by atoms with Crippen molar-refractivity contribution in [2.75, 3.05) is 13.7 Å². The van der Waals surface area contributed by atoms with Gasteiger partial charge < -0.3 is 4.74 Å². The molecule has 3 aromatic rings. The first kappa shape index (κ1) is 26.9. The van der Waals surface area contributed by atoms with Crippen LogP contribution in [0.15, 0.2) is 73.7 Å². The molecule has 36 heavy (non-hydrogen) atoms. The molecule has 3 rings (SSSR count). The van der Waals surface area contributed by atoms with Crippen molar-refractivity contribution < 1.29 is 17.9 Å². The van der Waals surface area contributed by atoms with Gasteiger partial charge in [-0.15, -0.1) is 5.10 Å². The SMILES string of the molecule is CCCN=N/N=C(/C)c1cn(-c2ccc(OC)cc2)c(=O)n(Cc2cccc(C(F)(F)F)c2Cl)c1=O. The Kier molecular flexibility index (Phi) is 8.46. The van der Waals surface area contributed by atoms with E-state index in [1.165, 1.54) is 36.9 Å². The van der Waals surface area contributed by atoms with Crippen molar-refractivity contribution in [1.29, 1.82) is 0 Å². The van der Waals surface area contributed by atoms with E-state index >= 15 is 0 Å². The number of methoxy groups -OCH3 is 1. The van der Waals surface area contributed by atoms with Gasteiger partial charge in [0.2, 0.25) is 0 Å². The van der Waals surface area contributed by atoms with Gasteiger partial charge in [-0.3, -0.25) is 13.9 Å². The van der Waals surface area contributed by atoms with Crippen molar-refractivity contribution >= 4 is 17.3 Å². The van der Waals surface area contributed by atoms with Gasteiger partial charge in [-0.2, -0.15) is 18.3 Å². The molecule has 0 saturated heterocycles. The van der Waals surface area contributed by atoms with Gasteiger partial charge in [-0.25, -0.2) is 4.79 Å². The zero-order valence-corrected chi connectivity index (χ0v) is 20.5. The molecule has 190 valence electrons. The highest BCUT2D eigenvalue weighted by atomic mass is 35.5. The van der Waals surface area contributed by atoms with Crippen LogP contribution < -0.4 is 16.0 Å². The minimum atomic E-state index is -4.70. The third kappa shape index (κ3) is 5.91. The van der Waals surface area contributed by atoms with Gasteiger partial charge in [0.1, 0.15) is 5.75 Å². The number of hydrogen-bond acceptors (Lipinski definition) is 5. The number of hydrogen-bond donors (Lipinski definition) is 0. The summed E-state index contributed by atoms with van der Waals surface area (Å²) in [6.45, 7) is 3.39. The molecule has 0 N–H and O–H groups in total. The Morgan fingerprint density at radius 2 is 1.81 bits per heavy atom. The van der Waals surface area contributed by atoms with Crippen LogP contribution in [0.25, 0.3) is 5.69 Å². The Balaban J connectivity index is 2.22. The topological polar surface area (TPSA) is 90.3 Å². The number of aromatic nitrogens is 2. The van der Waals surface area contributed by atoms with Crippen LogP contribution in [-0.2, 0) is 12.7 Å². The maximum absolute atomic E-state index is 13.4. The first-order valence-electron chi connectivity index (χ1n) is 10.8. The molecule has 0 aliphatic carbocycles. The van der Waals surface area contributed by atoms with Crippen molar-refractivity contribution in [3.63, 3.8) is 0 Å². The van der Waals surface area contributed by atoms with Crippen molar-refractivity contribution in [3.8, 4) is 11.4 Å². The molecule has 0 fully saturated rings. The standard InChI is InChI=1S/C24H23ClF3N5O3/c1-4-12-29-31-30-15(2)19-14-32(17-8-10-18(36-3)11-9-17)23(35)33(22(19)34)13-16-6-5-7-20(21(16)25)24(26,27)28/h5-11,14H,4,12-13H2,1-3H3/b30-15-,31-29?. The van der Waals surface area contributed by atoms with Crippen molar-refractivity contribution in [2.45, 2.75) is 33.0 Å². The molecule has 12 heteroatoms. The molecule has 0 spiro atoms.